The second-order valence-electron chi connectivity index (χ2n) is 7.98. The second kappa shape index (κ2) is 8.53. The summed E-state index contributed by atoms with van der Waals surface area (Å²) in [4.78, 5) is 2.56. The fourth-order valence-electron chi connectivity index (χ4n) is 4.73. The van der Waals surface area contributed by atoms with Gasteiger partial charge in [-0.1, -0.05) is 0 Å². The summed E-state index contributed by atoms with van der Waals surface area (Å²) in [6.45, 7) is 0.743. The van der Waals surface area contributed by atoms with Gasteiger partial charge in [-0.15, -0.1) is 0 Å². The van der Waals surface area contributed by atoms with Crippen LogP contribution in [0, 0.1) is 5.82 Å². The Kier molecular flexibility index (Phi) is 5.99. The molecule has 2 heterocycles. The molecule has 4 rings (SSSR count). The highest BCUT2D eigenvalue weighted by Crippen LogP contribution is 2.38. The number of ether oxygens (including phenoxy) is 2. The quantitative estimate of drug-likeness (QED) is 0.724. The number of nitrogens with zero attached hydrogens (tertiary/aromatic N) is 1. The van der Waals surface area contributed by atoms with Gasteiger partial charge >= 0.3 is 0 Å². The van der Waals surface area contributed by atoms with Crippen molar-refractivity contribution in [3.63, 3.8) is 0 Å². The number of sulfonamides is 1. The maximum atomic E-state index is 13.1. The largest absolute Gasteiger partial charge is 0.497 e. The van der Waals surface area contributed by atoms with E-state index in [4.69, 9.17) is 9.47 Å². The van der Waals surface area contributed by atoms with Crippen LogP contribution >= 0.6 is 0 Å². The van der Waals surface area contributed by atoms with Crippen LogP contribution in [0.4, 0.5) is 4.39 Å². The lowest BCUT2D eigenvalue weighted by Gasteiger charge is -2.39. The highest BCUT2D eigenvalue weighted by atomic mass is 32.2. The molecule has 8 heteroatoms. The zero-order valence-electron chi connectivity index (χ0n) is 17.2. The Morgan fingerprint density at radius 2 is 1.70 bits per heavy atom. The summed E-state index contributed by atoms with van der Waals surface area (Å²) in [5.41, 5.74) is 1.07. The van der Waals surface area contributed by atoms with Gasteiger partial charge in [-0.2, -0.15) is 0 Å². The van der Waals surface area contributed by atoms with Gasteiger partial charge in [0.15, 0.2) is 0 Å². The Labute approximate surface area is 177 Å². The summed E-state index contributed by atoms with van der Waals surface area (Å²) in [6.07, 6.45) is 3.60. The van der Waals surface area contributed by atoms with E-state index in [1.165, 1.54) is 24.3 Å². The maximum absolute atomic E-state index is 13.1. The predicted octanol–water partition coefficient (Wildman–Crippen LogP) is 3.32. The molecule has 2 atom stereocenters. The average molecular weight is 435 g/mol. The van der Waals surface area contributed by atoms with Gasteiger partial charge < -0.3 is 9.47 Å². The minimum absolute atomic E-state index is 0.0970. The van der Waals surface area contributed by atoms with Crippen molar-refractivity contribution in [2.75, 3.05) is 14.2 Å². The molecular formula is C22H27FN2O4S. The van der Waals surface area contributed by atoms with Crippen molar-refractivity contribution < 1.29 is 22.3 Å². The summed E-state index contributed by atoms with van der Waals surface area (Å²) < 4.78 is 52.2. The van der Waals surface area contributed by atoms with Gasteiger partial charge in [0.05, 0.1) is 19.1 Å². The fourth-order valence-corrected chi connectivity index (χ4v) is 5.99. The molecule has 2 aliphatic rings. The standard InChI is InChI=1S/C22H27FN2O4S/c1-28-20-7-10-22(29-2)15(11-20)14-25-18-5-6-19(25)13-17(12-18)24-30(26,27)21-8-3-16(23)4-9-21/h3-4,7-11,17-19,24H,5-6,12-14H2,1-2H3. The number of hydrogen-bond donors (Lipinski definition) is 1. The summed E-state index contributed by atoms with van der Waals surface area (Å²) in [5.74, 6) is 1.17. The average Bonchev–Trinajstić information content (AvgIpc) is 2.96. The molecule has 6 nitrogen and oxygen atoms in total. The summed E-state index contributed by atoms with van der Waals surface area (Å²) in [6, 6.07) is 11.2. The second-order valence-corrected chi connectivity index (χ2v) is 9.69. The summed E-state index contributed by atoms with van der Waals surface area (Å²) >= 11 is 0. The van der Waals surface area contributed by atoms with E-state index in [9.17, 15) is 12.8 Å². The first kappa shape index (κ1) is 21.1. The minimum Gasteiger partial charge on any atom is -0.497 e. The van der Waals surface area contributed by atoms with E-state index in [0.717, 1.165) is 49.3 Å². The molecule has 30 heavy (non-hydrogen) atoms. The Hall–Kier alpha value is -2.16. The molecule has 1 N–H and O–H groups in total. The van der Waals surface area contributed by atoms with Gasteiger partial charge in [0, 0.05) is 30.2 Å². The fraction of sp³-hybridized carbons (Fsp3) is 0.455. The molecule has 0 spiro atoms. The predicted molar refractivity (Wildman–Crippen MR) is 112 cm³/mol. The molecule has 162 valence electrons. The number of benzene rings is 2. The van der Waals surface area contributed by atoms with Gasteiger partial charge in [-0.25, -0.2) is 17.5 Å². The summed E-state index contributed by atoms with van der Waals surface area (Å²) in [5, 5.41) is 0. The van der Waals surface area contributed by atoms with Crippen LogP contribution in [0.3, 0.4) is 0 Å². The Balaban J connectivity index is 1.46. The first-order valence-electron chi connectivity index (χ1n) is 10.1. The topological polar surface area (TPSA) is 67.9 Å². The third-order valence-corrected chi connectivity index (χ3v) is 7.71. The number of rotatable bonds is 7. The van der Waals surface area contributed by atoms with E-state index in [2.05, 4.69) is 9.62 Å². The van der Waals surface area contributed by atoms with E-state index >= 15 is 0 Å². The first-order chi connectivity index (χ1) is 14.4. The third kappa shape index (κ3) is 4.31. The van der Waals surface area contributed by atoms with Gasteiger partial charge in [0.25, 0.3) is 0 Å². The number of nitrogens with one attached hydrogen (secondary N) is 1. The molecule has 0 aliphatic carbocycles. The van der Waals surface area contributed by atoms with E-state index in [1.54, 1.807) is 14.2 Å². The van der Waals surface area contributed by atoms with E-state index in [-0.39, 0.29) is 10.9 Å². The van der Waals surface area contributed by atoms with Gasteiger partial charge in [-0.3, -0.25) is 4.90 Å². The van der Waals surface area contributed by atoms with Crippen LogP contribution in [-0.4, -0.2) is 45.7 Å². The maximum Gasteiger partial charge on any atom is 0.240 e. The van der Waals surface area contributed by atoms with Gasteiger partial charge in [0.2, 0.25) is 10.0 Å². The molecule has 2 unspecified atom stereocenters. The number of fused-ring (bicyclic) bond motifs is 2. The minimum atomic E-state index is -3.66. The monoisotopic (exact) mass is 434 g/mol. The molecule has 0 amide bonds. The molecule has 0 radical (unpaired) electrons. The van der Waals surface area contributed by atoms with Crippen LogP contribution in [0.1, 0.15) is 31.2 Å². The molecule has 2 aromatic carbocycles. The van der Waals surface area contributed by atoms with Crippen LogP contribution in [0.15, 0.2) is 47.4 Å². The van der Waals surface area contributed by atoms with E-state index < -0.39 is 15.8 Å². The molecule has 2 fully saturated rings. The van der Waals surface area contributed by atoms with Crippen molar-refractivity contribution in [2.24, 2.45) is 0 Å². The van der Waals surface area contributed by atoms with Crippen molar-refractivity contribution in [2.45, 2.75) is 55.2 Å². The molecule has 2 saturated heterocycles. The van der Waals surface area contributed by atoms with Crippen molar-refractivity contribution >= 4 is 10.0 Å². The molecule has 2 bridgehead atoms. The third-order valence-electron chi connectivity index (χ3n) is 6.17. The van der Waals surface area contributed by atoms with E-state index in [1.807, 2.05) is 18.2 Å². The van der Waals surface area contributed by atoms with Crippen molar-refractivity contribution in [1.29, 1.82) is 0 Å². The van der Waals surface area contributed by atoms with Crippen molar-refractivity contribution in [3.8, 4) is 11.5 Å². The van der Waals surface area contributed by atoms with Crippen LogP contribution in [-0.2, 0) is 16.6 Å². The smallest absolute Gasteiger partial charge is 0.240 e. The van der Waals surface area contributed by atoms with E-state index in [0.29, 0.717) is 12.1 Å². The Morgan fingerprint density at radius 3 is 2.30 bits per heavy atom. The van der Waals surface area contributed by atoms with Crippen LogP contribution in [0.5, 0.6) is 11.5 Å². The highest BCUT2D eigenvalue weighted by Gasteiger charge is 2.42. The molecule has 0 aromatic heterocycles. The van der Waals surface area contributed by atoms with Crippen molar-refractivity contribution in [3.05, 3.63) is 53.8 Å². The molecule has 0 saturated carbocycles. The van der Waals surface area contributed by atoms with Crippen LogP contribution < -0.4 is 14.2 Å². The Bertz CT molecular complexity index is 983. The SMILES string of the molecule is COc1ccc(OC)c(CN2C3CCC2CC(NS(=O)(=O)c2ccc(F)cc2)C3)c1. The number of methoxy groups -OCH3 is 2. The number of hydrogen-bond acceptors (Lipinski definition) is 5. The molecule has 2 aromatic rings. The number of halogens is 1. The molecule has 2 aliphatic heterocycles. The lowest BCUT2D eigenvalue weighted by atomic mass is 9.97. The highest BCUT2D eigenvalue weighted by molar-refractivity contribution is 7.89. The number of piperidine rings is 1. The Morgan fingerprint density at radius 1 is 1.03 bits per heavy atom. The van der Waals surface area contributed by atoms with Crippen LogP contribution in [0.25, 0.3) is 0 Å². The lowest BCUT2D eigenvalue weighted by molar-refractivity contribution is 0.114. The zero-order chi connectivity index (χ0) is 21.3. The normalized spacial score (nSPS) is 24.0. The van der Waals surface area contributed by atoms with Gasteiger partial charge in [0.1, 0.15) is 17.3 Å². The summed E-state index contributed by atoms with van der Waals surface area (Å²) in [7, 11) is -0.354. The van der Waals surface area contributed by atoms with Gasteiger partial charge in [-0.05, 0) is 68.1 Å². The lowest BCUT2D eigenvalue weighted by Crippen LogP contribution is -2.49. The van der Waals surface area contributed by atoms with Crippen molar-refractivity contribution in [1.82, 2.24) is 9.62 Å². The first-order valence-corrected chi connectivity index (χ1v) is 11.6. The van der Waals surface area contributed by atoms with Crippen LogP contribution in [0.2, 0.25) is 0 Å². The zero-order valence-corrected chi connectivity index (χ0v) is 18.0. The molecular weight excluding hydrogens is 407 g/mol.